The number of piperidine rings is 1. The molecule has 2 heterocycles. The highest BCUT2D eigenvalue weighted by Gasteiger charge is 2.32. The lowest BCUT2D eigenvalue weighted by atomic mass is 9.81. The number of carboxylic acid groups (broad SMARTS) is 1. The molecule has 0 bridgehead atoms. The highest BCUT2D eigenvalue weighted by molar-refractivity contribution is 7.10. The minimum Gasteiger partial charge on any atom is -0.481 e. The van der Waals surface area contributed by atoms with Crippen molar-refractivity contribution in [2.75, 3.05) is 31.6 Å². The van der Waals surface area contributed by atoms with Gasteiger partial charge in [0.05, 0.1) is 6.42 Å². The molecule has 0 spiro atoms. The lowest BCUT2D eigenvalue weighted by Crippen LogP contribution is -2.45. The van der Waals surface area contributed by atoms with Gasteiger partial charge < -0.3 is 14.9 Å². The largest absolute Gasteiger partial charge is 0.481 e. The molecule has 150 valence electrons. The molecule has 6 heteroatoms. The summed E-state index contributed by atoms with van der Waals surface area (Å²) in [6.07, 6.45) is 2.28. The van der Waals surface area contributed by atoms with Crippen LogP contribution in [0.1, 0.15) is 24.1 Å². The van der Waals surface area contributed by atoms with Gasteiger partial charge in [0.1, 0.15) is 0 Å². The number of nitrogens with zero attached hydrogens (tertiary/aromatic N) is 2. The molecule has 1 aliphatic rings. The van der Waals surface area contributed by atoms with E-state index >= 15 is 0 Å². The first kappa shape index (κ1) is 20.4. The molecular weight excluding hydrogens is 372 g/mol. The normalized spacial score (nSPS) is 19.4. The van der Waals surface area contributed by atoms with Gasteiger partial charge in [-0.3, -0.25) is 9.59 Å². The predicted octanol–water partition coefficient (Wildman–Crippen LogP) is 3.76. The minimum atomic E-state index is -0.746. The second-order valence-electron chi connectivity index (χ2n) is 7.55. The van der Waals surface area contributed by atoms with Crippen molar-refractivity contribution in [3.63, 3.8) is 0 Å². The number of aliphatic carboxylic acids is 1. The van der Waals surface area contributed by atoms with Crippen LogP contribution < -0.4 is 4.90 Å². The minimum absolute atomic E-state index is 0.132. The fraction of sp³-hybridized carbons (Fsp3) is 0.455. The first-order valence-electron chi connectivity index (χ1n) is 9.81. The first-order valence-corrected chi connectivity index (χ1v) is 10.7. The molecule has 3 rings (SSSR count). The van der Waals surface area contributed by atoms with E-state index in [2.05, 4.69) is 24.1 Å². The van der Waals surface area contributed by atoms with Crippen LogP contribution in [0, 0.1) is 11.8 Å². The summed E-state index contributed by atoms with van der Waals surface area (Å²) in [6, 6.07) is 14.1. The fourth-order valence-electron chi connectivity index (χ4n) is 3.97. The van der Waals surface area contributed by atoms with Crippen molar-refractivity contribution in [3.8, 4) is 0 Å². The number of carbonyl (C=O) groups is 2. The van der Waals surface area contributed by atoms with Crippen LogP contribution in [-0.2, 0) is 16.0 Å². The number of likely N-dealkylation sites (tertiary alicyclic amines) is 1. The van der Waals surface area contributed by atoms with Crippen LogP contribution >= 0.6 is 11.3 Å². The number of hydrogen-bond acceptors (Lipinski definition) is 4. The Morgan fingerprint density at radius 3 is 2.64 bits per heavy atom. The molecule has 1 aliphatic heterocycles. The van der Waals surface area contributed by atoms with E-state index in [-0.39, 0.29) is 24.2 Å². The molecule has 5 nitrogen and oxygen atoms in total. The van der Waals surface area contributed by atoms with Gasteiger partial charge in [-0.2, -0.15) is 0 Å². The zero-order chi connectivity index (χ0) is 19.9. The molecule has 1 aromatic carbocycles. The molecule has 28 heavy (non-hydrogen) atoms. The number of carboxylic acids is 1. The van der Waals surface area contributed by atoms with Crippen molar-refractivity contribution in [1.29, 1.82) is 0 Å². The topological polar surface area (TPSA) is 60.9 Å². The summed E-state index contributed by atoms with van der Waals surface area (Å²) in [5.41, 5.74) is 1.15. The molecule has 2 aromatic rings. The van der Waals surface area contributed by atoms with Gasteiger partial charge in [-0.1, -0.05) is 24.3 Å². The van der Waals surface area contributed by atoms with Crippen LogP contribution in [0.25, 0.3) is 0 Å². The standard InChI is InChI=1S/C22H28N2O3S/c1-23(19-6-3-2-4-7-19)11-9-18-16-24(12-10-17(18)14-22(26)27)21(25)15-20-8-5-13-28-20/h2-8,13,17-18H,9-12,14-16H2,1H3,(H,26,27). The van der Waals surface area contributed by atoms with Crippen LogP contribution in [0.3, 0.4) is 0 Å². The summed E-state index contributed by atoms with van der Waals surface area (Å²) in [5.74, 6) is -0.252. The van der Waals surface area contributed by atoms with Crippen LogP contribution in [0.5, 0.6) is 0 Å². The smallest absolute Gasteiger partial charge is 0.303 e. The van der Waals surface area contributed by atoms with Gasteiger partial charge in [0.15, 0.2) is 0 Å². The number of hydrogen-bond donors (Lipinski definition) is 1. The van der Waals surface area contributed by atoms with E-state index in [1.54, 1.807) is 11.3 Å². The Hall–Kier alpha value is -2.34. The maximum atomic E-state index is 12.7. The van der Waals surface area contributed by atoms with Gasteiger partial charge in [-0.05, 0) is 48.3 Å². The number of amides is 1. The molecule has 1 fully saturated rings. The summed E-state index contributed by atoms with van der Waals surface area (Å²) in [4.78, 5) is 29.2. The maximum absolute atomic E-state index is 12.7. The number of carbonyl (C=O) groups excluding carboxylic acids is 1. The van der Waals surface area contributed by atoms with E-state index in [0.29, 0.717) is 19.5 Å². The third-order valence-electron chi connectivity index (χ3n) is 5.62. The van der Waals surface area contributed by atoms with Crippen molar-refractivity contribution in [2.24, 2.45) is 11.8 Å². The highest BCUT2D eigenvalue weighted by atomic mass is 32.1. The number of anilines is 1. The summed E-state index contributed by atoms with van der Waals surface area (Å²) in [7, 11) is 2.06. The summed E-state index contributed by atoms with van der Waals surface area (Å²) in [5, 5.41) is 11.3. The number of rotatable bonds is 8. The molecular formula is C22H28N2O3S. The van der Waals surface area contributed by atoms with Crippen molar-refractivity contribution in [1.82, 2.24) is 4.90 Å². The lowest BCUT2D eigenvalue weighted by molar-refractivity contribution is -0.139. The number of para-hydroxylation sites is 1. The fourth-order valence-corrected chi connectivity index (χ4v) is 4.67. The molecule has 1 aromatic heterocycles. The molecule has 1 amide bonds. The van der Waals surface area contributed by atoms with E-state index in [0.717, 1.165) is 30.0 Å². The molecule has 2 atom stereocenters. The second kappa shape index (κ2) is 9.73. The highest BCUT2D eigenvalue weighted by Crippen LogP contribution is 2.30. The third kappa shape index (κ3) is 5.58. The molecule has 0 saturated carbocycles. The average Bonchev–Trinajstić information content (AvgIpc) is 3.20. The molecule has 1 saturated heterocycles. The SMILES string of the molecule is CN(CCC1CN(C(=O)Cc2cccs2)CCC1CC(=O)O)c1ccccc1. The van der Waals surface area contributed by atoms with Crippen molar-refractivity contribution < 1.29 is 14.7 Å². The predicted molar refractivity (Wildman–Crippen MR) is 113 cm³/mol. The van der Waals surface area contributed by atoms with Gasteiger partial charge >= 0.3 is 5.97 Å². The Morgan fingerprint density at radius 2 is 1.96 bits per heavy atom. The van der Waals surface area contributed by atoms with Gasteiger partial charge in [0.25, 0.3) is 0 Å². The molecule has 1 N–H and O–H groups in total. The Labute approximate surface area is 170 Å². The zero-order valence-corrected chi connectivity index (χ0v) is 17.1. The monoisotopic (exact) mass is 400 g/mol. The Balaban J connectivity index is 1.61. The van der Waals surface area contributed by atoms with E-state index < -0.39 is 5.97 Å². The van der Waals surface area contributed by atoms with Crippen molar-refractivity contribution in [2.45, 2.75) is 25.7 Å². The number of thiophene rings is 1. The van der Waals surface area contributed by atoms with E-state index in [1.165, 1.54) is 0 Å². The molecule has 2 unspecified atom stereocenters. The van der Waals surface area contributed by atoms with Crippen molar-refractivity contribution >= 4 is 28.9 Å². The van der Waals surface area contributed by atoms with E-state index in [1.807, 2.05) is 40.6 Å². The maximum Gasteiger partial charge on any atom is 0.303 e. The zero-order valence-electron chi connectivity index (χ0n) is 16.3. The lowest BCUT2D eigenvalue weighted by Gasteiger charge is -2.39. The molecule has 0 aliphatic carbocycles. The summed E-state index contributed by atoms with van der Waals surface area (Å²) in [6.45, 7) is 2.16. The van der Waals surface area contributed by atoms with Crippen LogP contribution in [0.4, 0.5) is 5.69 Å². The first-order chi connectivity index (χ1) is 13.5. The van der Waals surface area contributed by atoms with E-state index in [4.69, 9.17) is 0 Å². The third-order valence-corrected chi connectivity index (χ3v) is 6.50. The molecule has 0 radical (unpaired) electrons. The van der Waals surface area contributed by atoms with Gasteiger partial charge in [0.2, 0.25) is 5.91 Å². The van der Waals surface area contributed by atoms with Gasteiger partial charge in [-0.15, -0.1) is 11.3 Å². The van der Waals surface area contributed by atoms with E-state index in [9.17, 15) is 14.7 Å². The summed E-state index contributed by atoms with van der Waals surface area (Å²) < 4.78 is 0. The van der Waals surface area contributed by atoms with Crippen LogP contribution in [-0.4, -0.2) is 48.6 Å². The van der Waals surface area contributed by atoms with Crippen molar-refractivity contribution in [3.05, 3.63) is 52.7 Å². The second-order valence-corrected chi connectivity index (χ2v) is 8.58. The van der Waals surface area contributed by atoms with Gasteiger partial charge in [-0.25, -0.2) is 0 Å². The number of benzene rings is 1. The quantitative estimate of drug-likeness (QED) is 0.733. The van der Waals surface area contributed by atoms with Crippen LogP contribution in [0.2, 0.25) is 0 Å². The average molecular weight is 401 g/mol. The Morgan fingerprint density at radius 1 is 1.18 bits per heavy atom. The van der Waals surface area contributed by atoms with Gasteiger partial charge in [0, 0.05) is 43.7 Å². The Bertz CT molecular complexity index is 763. The Kier molecular flexibility index (Phi) is 7.09. The summed E-state index contributed by atoms with van der Waals surface area (Å²) >= 11 is 1.60. The van der Waals surface area contributed by atoms with Crippen LogP contribution in [0.15, 0.2) is 47.8 Å².